The third kappa shape index (κ3) is 4.65. The molecule has 2 rings (SSSR count). The lowest BCUT2D eigenvalue weighted by Gasteiger charge is -2.20. The van der Waals surface area contributed by atoms with Crippen LogP contribution >= 0.6 is 28.3 Å². The van der Waals surface area contributed by atoms with Gasteiger partial charge in [0.25, 0.3) is 5.91 Å². The van der Waals surface area contributed by atoms with Gasteiger partial charge in [0.15, 0.2) is 15.7 Å². The maximum absolute atomic E-state index is 14.4. The predicted octanol–water partition coefficient (Wildman–Crippen LogP) is 2.27. The number of carbonyl (C=O) groups is 1. The first-order chi connectivity index (χ1) is 10.2. The summed E-state index contributed by atoms with van der Waals surface area (Å²) >= 11 is 3.12. The van der Waals surface area contributed by atoms with Gasteiger partial charge in [-0.15, -0.1) is 12.4 Å². The Balaban J connectivity index is 0.00000264. The van der Waals surface area contributed by atoms with Crippen molar-refractivity contribution in [1.82, 2.24) is 5.32 Å². The number of benzene rings is 1. The number of carbonyl (C=O) groups excluding carboxylic acids is 1. The molecular weight excluding hydrogens is 411 g/mol. The molecule has 3 N–H and O–H groups in total. The molecule has 0 radical (unpaired) electrons. The predicted molar refractivity (Wildman–Crippen MR) is 92.1 cm³/mol. The summed E-state index contributed by atoms with van der Waals surface area (Å²) < 4.78 is 37.9. The van der Waals surface area contributed by atoms with E-state index in [0.29, 0.717) is 11.0 Å². The number of nitrogens with two attached hydrogens (primary N) is 1. The SMILES string of the molecule is CS(=O)(=O)c1cc(Br)cc(C(=O)NC2CCCC2CN)c1F.Cl. The molecule has 1 aliphatic carbocycles. The summed E-state index contributed by atoms with van der Waals surface area (Å²) in [5.74, 6) is -1.46. The fourth-order valence-electron chi connectivity index (χ4n) is 2.75. The highest BCUT2D eigenvalue weighted by Gasteiger charge is 2.29. The van der Waals surface area contributed by atoms with E-state index in [-0.39, 0.29) is 29.9 Å². The minimum Gasteiger partial charge on any atom is -0.349 e. The molecule has 1 amide bonds. The molecule has 1 aliphatic rings. The Morgan fingerprint density at radius 2 is 2.09 bits per heavy atom. The highest BCUT2D eigenvalue weighted by molar-refractivity contribution is 9.10. The lowest BCUT2D eigenvalue weighted by Crippen LogP contribution is -2.40. The Morgan fingerprint density at radius 1 is 1.43 bits per heavy atom. The molecular formula is C14H19BrClFN2O3S. The van der Waals surface area contributed by atoms with Crippen LogP contribution in [0.5, 0.6) is 0 Å². The van der Waals surface area contributed by atoms with Gasteiger partial charge >= 0.3 is 0 Å². The smallest absolute Gasteiger partial charge is 0.254 e. The van der Waals surface area contributed by atoms with Crippen LogP contribution in [0.3, 0.4) is 0 Å². The third-order valence-electron chi connectivity index (χ3n) is 3.93. The summed E-state index contributed by atoms with van der Waals surface area (Å²) in [4.78, 5) is 11.8. The molecule has 1 aromatic rings. The Kier molecular flexibility index (Phi) is 7.00. The minimum atomic E-state index is -3.76. The molecule has 0 bridgehead atoms. The summed E-state index contributed by atoms with van der Waals surface area (Å²) in [7, 11) is -3.76. The molecule has 130 valence electrons. The lowest BCUT2D eigenvalue weighted by atomic mass is 10.0. The lowest BCUT2D eigenvalue weighted by molar-refractivity contribution is 0.0924. The van der Waals surface area contributed by atoms with E-state index < -0.39 is 26.5 Å². The number of amides is 1. The van der Waals surface area contributed by atoms with Crippen molar-refractivity contribution < 1.29 is 17.6 Å². The van der Waals surface area contributed by atoms with Gasteiger partial charge in [-0.25, -0.2) is 12.8 Å². The zero-order chi connectivity index (χ0) is 16.5. The molecule has 23 heavy (non-hydrogen) atoms. The van der Waals surface area contributed by atoms with E-state index in [9.17, 15) is 17.6 Å². The molecule has 5 nitrogen and oxygen atoms in total. The number of nitrogens with one attached hydrogen (secondary N) is 1. The van der Waals surface area contributed by atoms with Gasteiger partial charge in [0, 0.05) is 16.8 Å². The molecule has 0 aromatic heterocycles. The Bertz CT molecular complexity index is 700. The van der Waals surface area contributed by atoms with Crippen LogP contribution in [-0.2, 0) is 9.84 Å². The van der Waals surface area contributed by atoms with Crippen LogP contribution in [0.4, 0.5) is 4.39 Å². The number of halogens is 3. The standard InChI is InChI=1S/C14H18BrFN2O3S.ClH/c1-22(20,21)12-6-9(15)5-10(13(12)16)14(19)18-11-4-2-3-8(11)7-17;/h5-6,8,11H,2-4,7,17H2,1H3,(H,18,19);1H. The van der Waals surface area contributed by atoms with E-state index in [1.165, 1.54) is 6.07 Å². The van der Waals surface area contributed by atoms with Crippen LogP contribution in [0, 0.1) is 11.7 Å². The molecule has 1 saturated carbocycles. The van der Waals surface area contributed by atoms with Crippen LogP contribution < -0.4 is 11.1 Å². The molecule has 9 heteroatoms. The quantitative estimate of drug-likeness (QED) is 0.768. The summed E-state index contributed by atoms with van der Waals surface area (Å²) in [6.45, 7) is 0.459. The molecule has 0 heterocycles. The molecule has 1 aromatic carbocycles. The molecule has 0 spiro atoms. The maximum Gasteiger partial charge on any atom is 0.254 e. The summed E-state index contributed by atoms with van der Waals surface area (Å²) in [6, 6.07) is 2.34. The van der Waals surface area contributed by atoms with Gasteiger partial charge in [0.05, 0.1) is 5.56 Å². The Morgan fingerprint density at radius 3 is 2.65 bits per heavy atom. The first-order valence-corrected chi connectivity index (χ1v) is 9.62. The van der Waals surface area contributed by atoms with Gasteiger partial charge in [0.1, 0.15) is 4.90 Å². The molecule has 2 unspecified atom stereocenters. The van der Waals surface area contributed by atoms with Crippen molar-refractivity contribution in [3.05, 3.63) is 28.0 Å². The van der Waals surface area contributed by atoms with Crippen molar-refractivity contribution in [2.75, 3.05) is 12.8 Å². The van der Waals surface area contributed by atoms with Crippen LogP contribution in [0.15, 0.2) is 21.5 Å². The summed E-state index contributed by atoms with van der Waals surface area (Å²) in [5, 5.41) is 2.77. The van der Waals surface area contributed by atoms with Gasteiger partial charge in [-0.05, 0) is 37.4 Å². The van der Waals surface area contributed by atoms with Crippen molar-refractivity contribution in [1.29, 1.82) is 0 Å². The van der Waals surface area contributed by atoms with E-state index in [1.54, 1.807) is 0 Å². The molecule has 0 aliphatic heterocycles. The first-order valence-electron chi connectivity index (χ1n) is 6.94. The third-order valence-corrected chi connectivity index (χ3v) is 5.48. The van der Waals surface area contributed by atoms with Crippen molar-refractivity contribution >= 4 is 44.1 Å². The number of rotatable bonds is 4. The summed E-state index contributed by atoms with van der Waals surface area (Å²) in [5.41, 5.74) is 5.38. The second-order valence-electron chi connectivity index (χ2n) is 5.54. The topological polar surface area (TPSA) is 89.3 Å². The number of hydrogen-bond donors (Lipinski definition) is 2. The van der Waals surface area contributed by atoms with Crippen molar-refractivity contribution in [2.45, 2.75) is 30.2 Å². The second-order valence-corrected chi connectivity index (χ2v) is 8.44. The van der Waals surface area contributed by atoms with Crippen LogP contribution in [0.1, 0.15) is 29.6 Å². The Labute approximate surface area is 149 Å². The van der Waals surface area contributed by atoms with E-state index in [2.05, 4.69) is 21.2 Å². The van der Waals surface area contributed by atoms with E-state index in [0.717, 1.165) is 31.6 Å². The van der Waals surface area contributed by atoms with Crippen molar-refractivity contribution in [3.63, 3.8) is 0 Å². The second kappa shape index (κ2) is 7.92. The van der Waals surface area contributed by atoms with Gasteiger partial charge in [-0.2, -0.15) is 0 Å². The zero-order valence-corrected chi connectivity index (χ0v) is 15.7. The highest BCUT2D eigenvalue weighted by Crippen LogP contribution is 2.27. The molecule has 0 saturated heterocycles. The average Bonchev–Trinajstić information content (AvgIpc) is 2.86. The van der Waals surface area contributed by atoms with Gasteiger partial charge in [0.2, 0.25) is 0 Å². The normalized spacial score (nSPS) is 20.9. The minimum absolute atomic E-state index is 0. The monoisotopic (exact) mass is 428 g/mol. The molecule has 1 fully saturated rings. The highest BCUT2D eigenvalue weighted by atomic mass is 79.9. The van der Waals surface area contributed by atoms with Gasteiger partial charge < -0.3 is 11.1 Å². The largest absolute Gasteiger partial charge is 0.349 e. The first kappa shape index (κ1) is 20.3. The van der Waals surface area contributed by atoms with Crippen molar-refractivity contribution in [3.8, 4) is 0 Å². The average molecular weight is 430 g/mol. The van der Waals surface area contributed by atoms with Crippen LogP contribution in [0.25, 0.3) is 0 Å². The fourth-order valence-corrected chi connectivity index (χ4v) is 4.14. The van der Waals surface area contributed by atoms with E-state index >= 15 is 0 Å². The van der Waals surface area contributed by atoms with E-state index in [1.807, 2.05) is 0 Å². The number of sulfone groups is 1. The van der Waals surface area contributed by atoms with Gasteiger partial charge in [-0.3, -0.25) is 4.79 Å². The van der Waals surface area contributed by atoms with Crippen LogP contribution in [0.2, 0.25) is 0 Å². The molecule has 2 atom stereocenters. The van der Waals surface area contributed by atoms with Gasteiger partial charge in [-0.1, -0.05) is 22.4 Å². The fraction of sp³-hybridized carbons (Fsp3) is 0.500. The zero-order valence-electron chi connectivity index (χ0n) is 12.5. The Hall–Kier alpha value is -0.700. The number of hydrogen-bond acceptors (Lipinski definition) is 4. The van der Waals surface area contributed by atoms with E-state index in [4.69, 9.17) is 5.73 Å². The maximum atomic E-state index is 14.4. The summed E-state index contributed by atoms with van der Waals surface area (Å²) in [6.07, 6.45) is 3.59. The van der Waals surface area contributed by atoms with Crippen molar-refractivity contribution in [2.24, 2.45) is 11.7 Å². The van der Waals surface area contributed by atoms with Crippen LogP contribution in [-0.4, -0.2) is 33.2 Å².